The second-order valence-electron chi connectivity index (χ2n) is 5.10. The molecule has 0 unspecified atom stereocenters. The zero-order valence-electron chi connectivity index (χ0n) is 12.4. The minimum absolute atomic E-state index is 0.116. The van der Waals surface area contributed by atoms with Gasteiger partial charge in [-0.2, -0.15) is 4.31 Å². The molecule has 0 amide bonds. The number of benzene rings is 1. The lowest BCUT2D eigenvalue weighted by atomic mass is 10.3. The first-order valence-electron chi connectivity index (χ1n) is 6.92. The van der Waals surface area contributed by atoms with Gasteiger partial charge in [0.25, 0.3) is 0 Å². The summed E-state index contributed by atoms with van der Waals surface area (Å²) in [6.07, 6.45) is -0.232. The van der Waals surface area contributed by atoms with Gasteiger partial charge in [-0.3, -0.25) is 0 Å². The van der Waals surface area contributed by atoms with E-state index >= 15 is 0 Å². The lowest BCUT2D eigenvalue weighted by molar-refractivity contribution is -0.0441. The van der Waals surface area contributed by atoms with Crippen LogP contribution in [0.25, 0.3) is 0 Å². The van der Waals surface area contributed by atoms with Gasteiger partial charge in [-0.05, 0) is 39.0 Å². The zero-order valence-corrected chi connectivity index (χ0v) is 14.8. The van der Waals surface area contributed by atoms with Crippen molar-refractivity contribution in [3.8, 4) is 5.75 Å². The molecule has 0 aromatic heterocycles. The van der Waals surface area contributed by atoms with E-state index in [9.17, 15) is 8.42 Å². The fraction of sp³-hybridized carbons (Fsp3) is 0.571. The molecule has 0 bridgehead atoms. The molecule has 0 spiro atoms. The number of rotatable bonds is 4. The smallest absolute Gasteiger partial charge is 0.246 e. The molecule has 0 radical (unpaired) electrons. The first kappa shape index (κ1) is 16.7. The molecule has 7 heteroatoms. The molecule has 1 heterocycles. The first-order valence-corrected chi connectivity index (χ1v) is 9.16. The minimum Gasteiger partial charge on any atom is -0.492 e. The summed E-state index contributed by atoms with van der Waals surface area (Å²) < 4.78 is 39.1. The number of hydrogen-bond donors (Lipinski definition) is 0. The average Bonchev–Trinajstić information content (AvgIpc) is 2.37. The number of ether oxygens (including phenoxy) is 2. The molecule has 2 atom stereocenters. The van der Waals surface area contributed by atoms with Gasteiger partial charge in [0, 0.05) is 17.6 Å². The van der Waals surface area contributed by atoms with E-state index in [4.69, 9.17) is 9.47 Å². The van der Waals surface area contributed by atoms with Crippen molar-refractivity contribution in [2.75, 3.05) is 19.7 Å². The second kappa shape index (κ2) is 6.64. The molecule has 1 fully saturated rings. The number of sulfonamides is 1. The van der Waals surface area contributed by atoms with E-state index in [1.807, 2.05) is 20.8 Å². The van der Waals surface area contributed by atoms with E-state index < -0.39 is 10.0 Å². The van der Waals surface area contributed by atoms with Gasteiger partial charge in [-0.15, -0.1) is 0 Å². The summed E-state index contributed by atoms with van der Waals surface area (Å²) in [6.45, 7) is 6.71. The van der Waals surface area contributed by atoms with E-state index in [2.05, 4.69) is 15.9 Å². The molecule has 1 aromatic carbocycles. The summed E-state index contributed by atoms with van der Waals surface area (Å²) in [5.74, 6) is 0.374. The third-order valence-corrected chi connectivity index (χ3v) is 5.57. The van der Waals surface area contributed by atoms with E-state index in [1.165, 1.54) is 4.31 Å². The first-order chi connectivity index (χ1) is 9.84. The highest BCUT2D eigenvalue weighted by molar-refractivity contribution is 9.10. The van der Waals surface area contributed by atoms with Crippen molar-refractivity contribution < 1.29 is 17.9 Å². The number of morpholine rings is 1. The van der Waals surface area contributed by atoms with Gasteiger partial charge in [-0.1, -0.05) is 15.9 Å². The van der Waals surface area contributed by atoms with Crippen molar-refractivity contribution in [2.45, 2.75) is 37.9 Å². The molecular weight excluding hydrogens is 358 g/mol. The highest BCUT2D eigenvalue weighted by Crippen LogP contribution is 2.31. The van der Waals surface area contributed by atoms with Gasteiger partial charge in [0.1, 0.15) is 10.6 Å². The fourth-order valence-electron chi connectivity index (χ4n) is 2.43. The van der Waals surface area contributed by atoms with Crippen molar-refractivity contribution in [2.24, 2.45) is 0 Å². The molecule has 0 aliphatic carbocycles. The van der Waals surface area contributed by atoms with Crippen LogP contribution in [0.5, 0.6) is 5.75 Å². The Bertz CT molecular complexity index is 595. The van der Waals surface area contributed by atoms with Crippen molar-refractivity contribution in [3.05, 3.63) is 22.7 Å². The van der Waals surface area contributed by atoms with E-state index in [0.29, 0.717) is 25.4 Å². The van der Waals surface area contributed by atoms with Gasteiger partial charge in [0.05, 0.1) is 18.8 Å². The Morgan fingerprint density at radius 3 is 2.52 bits per heavy atom. The van der Waals surface area contributed by atoms with Crippen LogP contribution in [0, 0.1) is 0 Å². The summed E-state index contributed by atoms with van der Waals surface area (Å²) in [6, 6.07) is 4.97. The number of halogens is 1. The summed E-state index contributed by atoms with van der Waals surface area (Å²) in [5.41, 5.74) is 0. The van der Waals surface area contributed by atoms with Crippen LogP contribution in [0.4, 0.5) is 0 Å². The summed E-state index contributed by atoms with van der Waals surface area (Å²) in [4.78, 5) is 0.203. The van der Waals surface area contributed by atoms with Crippen molar-refractivity contribution in [3.63, 3.8) is 0 Å². The molecule has 21 heavy (non-hydrogen) atoms. The molecule has 2 rings (SSSR count). The molecule has 118 valence electrons. The SMILES string of the molecule is CCOc1cc(Br)ccc1S(=O)(=O)N1C[C@@H](C)O[C@@H](C)C1. The largest absolute Gasteiger partial charge is 0.492 e. The van der Waals surface area contributed by atoms with Crippen LogP contribution in [0.1, 0.15) is 20.8 Å². The van der Waals surface area contributed by atoms with Gasteiger partial charge >= 0.3 is 0 Å². The van der Waals surface area contributed by atoms with Crippen LogP contribution >= 0.6 is 15.9 Å². The average molecular weight is 378 g/mol. The molecule has 0 saturated carbocycles. The third kappa shape index (κ3) is 3.77. The maximum Gasteiger partial charge on any atom is 0.246 e. The van der Waals surface area contributed by atoms with E-state index in [-0.39, 0.29) is 17.1 Å². The van der Waals surface area contributed by atoms with Crippen LogP contribution in [0.2, 0.25) is 0 Å². The van der Waals surface area contributed by atoms with Crippen LogP contribution < -0.4 is 4.74 Å². The predicted octanol–water partition coefficient (Wildman–Crippen LogP) is 2.65. The summed E-state index contributed by atoms with van der Waals surface area (Å²) in [7, 11) is -3.59. The highest BCUT2D eigenvalue weighted by atomic mass is 79.9. The molecule has 0 N–H and O–H groups in total. The maximum atomic E-state index is 12.9. The highest BCUT2D eigenvalue weighted by Gasteiger charge is 2.34. The third-order valence-electron chi connectivity index (χ3n) is 3.21. The second-order valence-corrected chi connectivity index (χ2v) is 7.93. The Morgan fingerprint density at radius 1 is 1.33 bits per heavy atom. The zero-order chi connectivity index (χ0) is 15.6. The Labute approximate surface area is 134 Å². The summed E-state index contributed by atoms with van der Waals surface area (Å²) >= 11 is 3.34. The molecular formula is C14H20BrNO4S. The van der Waals surface area contributed by atoms with E-state index in [0.717, 1.165) is 4.47 Å². The minimum atomic E-state index is -3.59. The lowest BCUT2D eigenvalue weighted by Gasteiger charge is -2.34. The number of nitrogens with zero attached hydrogens (tertiary/aromatic N) is 1. The van der Waals surface area contributed by atoms with Gasteiger partial charge < -0.3 is 9.47 Å². The van der Waals surface area contributed by atoms with E-state index in [1.54, 1.807) is 18.2 Å². The molecule has 1 aliphatic rings. The van der Waals surface area contributed by atoms with Gasteiger partial charge in [-0.25, -0.2) is 8.42 Å². The Morgan fingerprint density at radius 2 is 1.95 bits per heavy atom. The topological polar surface area (TPSA) is 55.8 Å². The van der Waals surface area contributed by atoms with Gasteiger partial charge in [0.2, 0.25) is 10.0 Å². The monoisotopic (exact) mass is 377 g/mol. The summed E-state index contributed by atoms with van der Waals surface area (Å²) in [5, 5.41) is 0. The van der Waals surface area contributed by atoms with Gasteiger partial charge in [0.15, 0.2) is 0 Å². The van der Waals surface area contributed by atoms with Crippen molar-refractivity contribution in [1.82, 2.24) is 4.31 Å². The maximum absolute atomic E-state index is 12.9. The Kier molecular flexibility index (Phi) is 5.29. The van der Waals surface area contributed by atoms with Crippen LogP contribution in [-0.2, 0) is 14.8 Å². The van der Waals surface area contributed by atoms with Crippen LogP contribution in [-0.4, -0.2) is 44.6 Å². The fourth-order valence-corrected chi connectivity index (χ4v) is 4.47. The van der Waals surface area contributed by atoms with Crippen molar-refractivity contribution in [1.29, 1.82) is 0 Å². The molecule has 5 nitrogen and oxygen atoms in total. The van der Waals surface area contributed by atoms with Crippen LogP contribution in [0.15, 0.2) is 27.6 Å². The Balaban J connectivity index is 2.39. The number of hydrogen-bond acceptors (Lipinski definition) is 4. The standard InChI is InChI=1S/C14H20BrNO4S/c1-4-19-13-7-12(15)5-6-14(13)21(17,18)16-8-10(2)20-11(3)9-16/h5-7,10-11H,4,8-9H2,1-3H3/t10-,11+. The van der Waals surface area contributed by atoms with Crippen molar-refractivity contribution >= 4 is 26.0 Å². The molecule has 1 aliphatic heterocycles. The normalized spacial score (nSPS) is 24.0. The lowest BCUT2D eigenvalue weighted by Crippen LogP contribution is -2.48. The molecule has 1 aromatic rings. The quantitative estimate of drug-likeness (QED) is 0.809. The Hall–Kier alpha value is -0.630. The predicted molar refractivity (Wildman–Crippen MR) is 84.1 cm³/mol. The molecule has 1 saturated heterocycles. The van der Waals surface area contributed by atoms with Crippen LogP contribution in [0.3, 0.4) is 0 Å².